The van der Waals surface area contributed by atoms with Crippen molar-refractivity contribution in [1.29, 1.82) is 0 Å². The maximum Gasteiger partial charge on any atom is 0.330 e. The van der Waals surface area contributed by atoms with Gasteiger partial charge in [-0.1, -0.05) is 0 Å². The molecule has 0 bridgehead atoms. The Balaban J connectivity index is 2.73. The smallest absolute Gasteiger partial charge is 0.330 e. The molecular formula is C8H13N3O2. The van der Waals surface area contributed by atoms with Crippen LogP contribution in [0.3, 0.4) is 0 Å². The summed E-state index contributed by atoms with van der Waals surface area (Å²) in [6.07, 6.45) is 3.32. The van der Waals surface area contributed by atoms with Crippen molar-refractivity contribution in [3.63, 3.8) is 0 Å². The summed E-state index contributed by atoms with van der Waals surface area (Å²) in [5.74, 6) is 0.0650. The number of carbonyl (C=O) groups excluding carboxylic acids is 1. The number of hydrogen-bond donors (Lipinski definition) is 1. The largest absolute Gasteiger partial charge is 0.464 e. The van der Waals surface area contributed by atoms with Crippen LogP contribution in [0.1, 0.15) is 18.8 Å². The summed E-state index contributed by atoms with van der Waals surface area (Å²) in [6.45, 7) is 2.07. The maximum atomic E-state index is 11.2. The predicted molar refractivity (Wildman–Crippen MR) is 46.8 cm³/mol. The molecule has 2 N–H and O–H groups in total. The Labute approximate surface area is 76.5 Å². The molecule has 0 aliphatic heterocycles. The van der Waals surface area contributed by atoms with Crippen LogP contribution in [0, 0.1) is 0 Å². The molecule has 13 heavy (non-hydrogen) atoms. The van der Waals surface area contributed by atoms with Crippen LogP contribution < -0.4 is 5.73 Å². The van der Waals surface area contributed by atoms with Gasteiger partial charge in [0.2, 0.25) is 0 Å². The van der Waals surface area contributed by atoms with Gasteiger partial charge in [0.25, 0.3) is 0 Å². The van der Waals surface area contributed by atoms with Crippen molar-refractivity contribution in [2.75, 3.05) is 6.61 Å². The molecule has 0 amide bonds. The lowest BCUT2D eigenvalue weighted by Gasteiger charge is -2.09. The molecule has 1 heterocycles. The Hall–Kier alpha value is -1.36. The number of nitrogens with two attached hydrogens (primary N) is 1. The number of ether oxygens (including phenoxy) is 1. The molecule has 0 aliphatic rings. The van der Waals surface area contributed by atoms with Gasteiger partial charge >= 0.3 is 5.97 Å². The zero-order valence-corrected chi connectivity index (χ0v) is 7.73. The average molecular weight is 183 g/mol. The number of imidazole rings is 1. The quantitative estimate of drug-likeness (QED) is 0.669. The fourth-order valence-corrected chi connectivity index (χ4v) is 1.01. The van der Waals surface area contributed by atoms with Gasteiger partial charge in [0.15, 0.2) is 6.04 Å². The van der Waals surface area contributed by atoms with Gasteiger partial charge in [0.1, 0.15) is 5.82 Å². The van der Waals surface area contributed by atoms with Crippen LogP contribution in [0.15, 0.2) is 12.4 Å². The number of nitrogens with zero attached hydrogens (tertiary/aromatic N) is 2. The van der Waals surface area contributed by atoms with E-state index < -0.39 is 12.0 Å². The number of hydrogen-bond acceptors (Lipinski definition) is 4. The molecule has 5 nitrogen and oxygen atoms in total. The number of rotatable bonds is 3. The summed E-state index contributed by atoms with van der Waals surface area (Å²) in [6, 6.07) is -0.792. The van der Waals surface area contributed by atoms with Crippen molar-refractivity contribution in [2.24, 2.45) is 12.8 Å². The lowest BCUT2D eigenvalue weighted by molar-refractivity contribution is -0.145. The summed E-state index contributed by atoms with van der Waals surface area (Å²) in [5, 5.41) is 0. The van der Waals surface area contributed by atoms with Crippen molar-refractivity contribution in [1.82, 2.24) is 9.55 Å². The molecule has 1 rings (SSSR count). The normalized spacial score (nSPS) is 12.5. The molecule has 1 aromatic heterocycles. The van der Waals surface area contributed by atoms with E-state index in [0.717, 1.165) is 0 Å². The van der Waals surface area contributed by atoms with Crippen LogP contribution in [0.2, 0.25) is 0 Å². The van der Waals surface area contributed by atoms with Crippen LogP contribution in [0.25, 0.3) is 0 Å². The third-order valence-corrected chi connectivity index (χ3v) is 1.68. The number of aromatic nitrogens is 2. The second-order valence-corrected chi connectivity index (χ2v) is 2.63. The molecule has 0 aromatic carbocycles. The Bertz CT molecular complexity index is 295. The lowest BCUT2D eigenvalue weighted by Crippen LogP contribution is -2.26. The van der Waals surface area contributed by atoms with Crippen molar-refractivity contribution in [2.45, 2.75) is 13.0 Å². The van der Waals surface area contributed by atoms with Crippen LogP contribution in [-0.4, -0.2) is 22.1 Å². The van der Waals surface area contributed by atoms with Gasteiger partial charge < -0.3 is 15.0 Å². The SMILES string of the molecule is CCOC(=O)[C@H](N)c1nccn1C. The fourth-order valence-electron chi connectivity index (χ4n) is 1.01. The fraction of sp³-hybridized carbons (Fsp3) is 0.500. The van der Waals surface area contributed by atoms with E-state index >= 15 is 0 Å². The zero-order valence-electron chi connectivity index (χ0n) is 7.73. The first-order valence-electron chi connectivity index (χ1n) is 4.06. The van der Waals surface area contributed by atoms with Crippen molar-refractivity contribution in [3.8, 4) is 0 Å². The molecule has 0 fully saturated rings. The summed E-state index contributed by atoms with van der Waals surface area (Å²) < 4.78 is 6.46. The van der Waals surface area contributed by atoms with E-state index in [1.807, 2.05) is 0 Å². The predicted octanol–water partition coefficient (Wildman–Crippen LogP) is -0.0170. The molecule has 5 heteroatoms. The highest BCUT2D eigenvalue weighted by Gasteiger charge is 2.20. The van der Waals surface area contributed by atoms with Gasteiger partial charge in [-0.05, 0) is 6.92 Å². The number of esters is 1. The summed E-state index contributed by atoms with van der Waals surface area (Å²) >= 11 is 0. The van der Waals surface area contributed by atoms with Crippen molar-refractivity contribution >= 4 is 5.97 Å². The van der Waals surface area contributed by atoms with Crippen LogP contribution in [0.4, 0.5) is 0 Å². The molecule has 1 aromatic rings. The van der Waals surface area contributed by atoms with Gasteiger partial charge in [0.05, 0.1) is 6.61 Å². The van der Waals surface area contributed by atoms with E-state index in [2.05, 4.69) is 4.98 Å². The summed E-state index contributed by atoms with van der Waals surface area (Å²) in [4.78, 5) is 15.1. The van der Waals surface area contributed by atoms with Crippen molar-refractivity contribution < 1.29 is 9.53 Å². The van der Waals surface area contributed by atoms with Gasteiger partial charge in [-0.15, -0.1) is 0 Å². The lowest BCUT2D eigenvalue weighted by atomic mass is 10.3. The van der Waals surface area contributed by atoms with E-state index in [9.17, 15) is 4.79 Å². The first-order chi connectivity index (χ1) is 6.16. The standard InChI is InChI=1S/C8H13N3O2/c1-3-13-8(12)6(9)7-10-4-5-11(7)2/h4-6H,3,9H2,1-2H3/t6-/m1/s1. The summed E-state index contributed by atoms with van der Waals surface area (Å²) in [7, 11) is 1.78. The summed E-state index contributed by atoms with van der Waals surface area (Å²) in [5.41, 5.74) is 5.61. The average Bonchev–Trinajstić information content (AvgIpc) is 2.50. The third kappa shape index (κ3) is 2.06. The Morgan fingerprint density at radius 3 is 3.00 bits per heavy atom. The molecule has 72 valence electrons. The van der Waals surface area contributed by atoms with Crippen LogP contribution >= 0.6 is 0 Å². The van der Waals surface area contributed by atoms with E-state index in [1.165, 1.54) is 0 Å². The molecule has 0 aliphatic carbocycles. The molecule has 1 atom stereocenters. The minimum Gasteiger partial charge on any atom is -0.464 e. The van der Waals surface area contributed by atoms with Crippen LogP contribution in [-0.2, 0) is 16.6 Å². The van der Waals surface area contributed by atoms with E-state index in [0.29, 0.717) is 12.4 Å². The van der Waals surface area contributed by atoms with Gasteiger partial charge in [-0.25, -0.2) is 9.78 Å². The second kappa shape index (κ2) is 4.04. The molecule has 0 unspecified atom stereocenters. The minimum atomic E-state index is -0.792. The zero-order chi connectivity index (χ0) is 9.84. The molecule has 0 spiro atoms. The first-order valence-corrected chi connectivity index (χ1v) is 4.06. The highest BCUT2D eigenvalue weighted by atomic mass is 16.5. The Kier molecular flexibility index (Phi) is 3.02. The van der Waals surface area contributed by atoms with E-state index in [-0.39, 0.29) is 0 Å². The van der Waals surface area contributed by atoms with Gasteiger partial charge in [-0.3, -0.25) is 0 Å². The van der Waals surface area contributed by atoms with E-state index in [4.69, 9.17) is 10.5 Å². The first kappa shape index (κ1) is 9.73. The van der Waals surface area contributed by atoms with Crippen molar-refractivity contribution in [3.05, 3.63) is 18.2 Å². The molecule has 0 radical (unpaired) electrons. The van der Waals surface area contributed by atoms with Gasteiger partial charge in [0, 0.05) is 19.4 Å². The number of carbonyl (C=O) groups is 1. The molecule has 0 saturated carbocycles. The monoisotopic (exact) mass is 183 g/mol. The highest BCUT2D eigenvalue weighted by molar-refractivity contribution is 5.76. The second-order valence-electron chi connectivity index (χ2n) is 2.63. The van der Waals surface area contributed by atoms with E-state index in [1.54, 1.807) is 30.9 Å². The van der Waals surface area contributed by atoms with Crippen LogP contribution in [0.5, 0.6) is 0 Å². The Morgan fingerprint density at radius 2 is 2.54 bits per heavy atom. The Morgan fingerprint density at radius 1 is 1.85 bits per heavy atom. The molecule has 0 saturated heterocycles. The minimum absolute atomic E-state index is 0.330. The molecular weight excluding hydrogens is 170 g/mol. The maximum absolute atomic E-state index is 11.2. The topological polar surface area (TPSA) is 70.1 Å². The third-order valence-electron chi connectivity index (χ3n) is 1.68. The number of aryl methyl sites for hydroxylation is 1. The highest BCUT2D eigenvalue weighted by Crippen LogP contribution is 2.07. The van der Waals surface area contributed by atoms with Gasteiger partial charge in [-0.2, -0.15) is 0 Å².